The first-order valence-corrected chi connectivity index (χ1v) is 12.0. The average Bonchev–Trinajstić information content (AvgIpc) is 3.60. The first-order valence-electron chi connectivity index (χ1n) is 12.0. The van der Waals surface area contributed by atoms with E-state index in [1.807, 2.05) is 66.2 Å². The van der Waals surface area contributed by atoms with Crippen molar-refractivity contribution < 1.29 is 14.6 Å². The van der Waals surface area contributed by atoms with Crippen LogP contribution in [0.2, 0.25) is 0 Å². The van der Waals surface area contributed by atoms with E-state index in [2.05, 4.69) is 18.4 Å². The van der Waals surface area contributed by atoms with E-state index in [4.69, 9.17) is 14.6 Å². The summed E-state index contributed by atoms with van der Waals surface area (Å²) in [5.41, 5.74) is 4.09. The molecule has 180 valence electrons. The Morgan fingerprint density at radius 3 is 2.56 bits per heavy atom. The van der Waals surface area contributed by atoms with Crippen LogP contribution in [0.5, 0.6) is 11.6 Å². The molecular weight excluding hydrogens is 426 g/mol. The molecule has 0 bridgehead atoms. The van der Waals surface area contributed by atoms with Gasteiger partial charge < -0.3 is 14.6 Å². The minimum absolute atomic E-state index is 0.294. The number of aryl methyl sites for hydroxylation is 2. The van der Waals surface area contributed by atoms with E-state index < -0.39 is 6.10 Å². The van der Waals surface area contributed by atoms with Crippen molar-refractivity contribution in [2.24, 2.45) is 5.92 Å². The number of hydrogen-bond acceptors (Lipinski definition) is 5. The van der Waals surface area contributed by atoms with Gasteiger partial charge in [-0.1, -0.05) is 42.0 Å². The van der Waals surface area contributed by atoms with Crippen LogP contribution in [-0.2, 0) is 11.3 Å². The summed E-state index contributed by atoms with van der Waals surface area (Å²) in [6.45, 7) is 10.6. The zero-order valence-electron chi connectivity index (χ0n) is 20.2. The highest BCUT2D eigenvalue weighted by Crippen LogP contribution is 2.34. The molecule has 0 amide bonds. The Labute approximate surface area is 202 Å². The summed E-state index contributed by atoms with van der Waals surface area (Å²) >= 11 is 0. The molecule has 1 unspecified atom stereocenters. The third-order valence-corrected chi connectivity index (χ3v) is 5.98. The van der Waals surface area contributed by atoms with Gasteiger partial charge in [0.25, 0.3) is 0 Å². The van der Waals surface area contributed by atoms with Crippen LogP contribution in [0.1, 0.15) is 29.7 Å². The van der Waals surface area contributed by atoms with Crippen molar-refractivity contribution in [3.8, 4) is 17.3 Å². The Morgan fingerprint density at radius 2 is 1.88 bits per heavy atom. The Balaban J connectivity index is 1.62. The number of benzene rings is 2. The van der Waals surface area contributed by atoms with E-state index in [1.54, 1.807) is 6.08 Å². The van der Waals surface area contributed by atoms with Gasteiger partial charge in [0.15, 0.2) is 0 Å². The molecule has 3 aromatic rings. The van der Waals surface area contributed by atoms with Crippen LogP contribution in [-0.4, -0.2) is 52.2 Å². The first-order chi connectivity index (χ1) is 16.5. The molecule has 1 N–H and O–H groups in total. The summed E-state index contributed by atoms with van der Waals surface area (Å²) in [4.78, 5) is 2.31. The summed E-state index contributed by atoms with van der Waals surface area (Å²) < 4.78 is 13.8. The largest absolute Gasteiger partial charge is 0.439 e. The Hall–Kier alpha value is -2.93. The predicted molar refractivity (Wildman–Crippen MR) is 135 cm³/mol. The van der Waals surface area contributed by atoms with E-state index in [1.165, 1.54) is 18.4 Å². The second-order valence-electron chi connectivity index (χ2n) is 9.15. The molecule has 1 saturated carbocycles. The maximum atomic E-state index is 10.6. The first kappa shape index (κ1) is 24.2. The minimum Gasteiger partial charge on any atom is -0.439 e. The summed E-state index contributed by atoms with van der Waals surface area (Å²) in [6.07, 6.45) is 3.62. The molecule has 2 aromatic carbocycles. The van der Waals surface area contributed by atoms with E-state index in [-0.39, 0.29) is 0 Å². The highest BCUT2D eigenvalue weighted by atomic mass is 16.5. The van der Waals surface area contributed by atoms with Gasteiger partial charge in [-0.2, -0.15) is 5.10 Å². The van der Waals surface area contributed by atoms with Crippen LogP contribution in [0.3, 0.4) is 0 Å². The lowest BCUT2D eigenvalue weighted by Gasteiger charge is -2.25. The highest BCUT2D eigenvalue weighted by Gasteiger charge is 2.28. The van der Waals surface area contributed by atoms with Crippen LogP contribution < -0.4 is 4.74 Å². The van der Waals surface area contributed by atoms with Gasteiger partial charge in [0, 0.05) is 19.6 Å². The second-order valence-corrected chi connectivity index (χ2v) is 9.15. The smallest absolute Gasteiger partial charge is 0.227 e. The van der Waals surface area contributed by atoms with Gasteiger partial charge in [0.2, 0.25) is 5.88 Å². The SMILES string of the molecule is C=CCOCC(O)CN(Cc1c(C)nn(-c2ccccc2)c1Oc1ccc(C)cc1)CC1CC1. The summed E-state index contributed by atoms with van der Waals surface area (Å²) in [6, 6.07) is 18.1. The van der Waals surface area contributed by atoms with Crippen LogP contribution in [0.25, 0.3) is 5.69 Å². The normalized spacial score (nSPS) is 14.4. The Morgan fingerprint density at radius 1 is 1.15 bits per heavy atom. The van der Waals surface area contributed by atoms with E-state index in [0.29, 0.717) is 38.1 Å². The molecule has 0 radical (unpaired) electrons. The van der Waals surface area contributed by atoms with Crippen molar-refractivity contribution >= 4 is 0 Å². The maximum Gasteiger partial charge on any atom is 0.227 e. The van der Waals surface area contributed by atoms with E-state index in [9.17, 15) is 5.11 Å². The van der Waals surface area contributed by atoms with Gasteiger partial charge in [-0.05, 0) is 56.9 Å². The molecule has 0 aliphatic heterocycles. The topological polar surface area (TPSA) is 59.8 Å². The van der Waals surface area contributed by atoms with E-state index >= 15 is 0 Å². The molecule has 0 spiro atoms. The molecule has 6 heteroatoms. The fraction of sp³-hybridized carbons (Fsp3) is 0.393. The maximum absolute atomic E-state index is 10.6. The Kier molecular flexibility index (Phi) is 8.16. The van der Waals surface area contributed by atoms with Crippen LogP contribution in [0, 0.1) is 19.8 Å². The number of ether oxygens (including phenoxy) is 2. The van der Waals surface area contributed by atoms with Gasteiger partial charge in [-0.25, -0.2) is 4.68 Å². The zero-order valence-corrected chi connectivity index (χ0v) is 20.2. The molecule has 1 aliphatic rings. The minimum atomic E-state index is -0.565. The lowest BCUT2D eigenvalue weighted by molar-refractivity contribution is 0.0235. The van der Waals surface area contributed by atoms with Crippen molar-refractivity contribution in [1.82, 2.24) is 14.7 Å². The van der Waals surface area contributed by atoms with Crippen molar-refractivity contribution in [2.75, 3.05) is 26.3 Å². The molecule has 4 rings (SSSR count). The lowest BCUT2D eigenvalue weighted by atomic mass is 10.2. The number of hydrogen-bond donors (Lipinski definition) is 1. The Bertz CT molecular complexity index is 1060. The fourth-order valence-corrected chi connectivity index (χ4v) is 4.02. The van der Waals surface area contributed by atoms with Gasteiger partial charge >= 0.3 is 0 Å². The number of aliphatic hydroxyl groups is 1. The van der Waals surface area contributed by atoms with Gasteiger partial charge in [0.05, 0.1) is 36.3 Å². The number of aliphatic hydroxyl groups excluding tert-OH is 1. The lowest BCUT2D eigenvalue weighted by Crippen LogP contribution is -2.36. The molecule has 0 saturated heterocycles. The standard InChI is InChI=1S/C28H35N3O3/c1-4-16-33-20-25(32)18-30(17-23-12-13-23)19-27-22(3)29-31(24-8-6-5-7-9-24)28(27)34-26-14-10-21(2)11-15-26/h4-11,14-15,23,25,32H,1,12-13,16-20H2,2-3H3. The van der Waals surface area contributed by atoms with Crippen LogP contribution in [0.4, 0.5) is 0 Å². The highest BCUT2D eigenvalue weighted by molar-refractivity contribution is 5.43. The third-order valence-electron chi connectivity index (χ3n) is 5.98. The second kappa shape index (κ2) is 11.5. The summed E-state index contributed by atoms with van der Waals surface area (Å²) in [5.74, 6) is 2.17. The fourth-order valence-electron chi connectivity index (χ4n) is 4.02. The molecular formula is C28H35N3O3. The molecule has 1 heterocycles. The predicted octanol–water partition coefficient (Wildman–Crippen LogP) is 5.06. The van der Waals surface area contributed by atoms with E-state index in [0.717, 1.165) is 29.2 Å². The van der Waals surface area contributed by atoms with Crippen LogP contribution in [0.15, 0.2) is 67.3 Å². The molecule has 6 nitrogen and oxygen atoms in total. The molecule has 1 fully saturated rings. The van der Waals surface area contributed by atoms with Crippen LogP contribution >= 0.6 is 0 Å². The third kappa shape index (κ3) is 6.56. The number of nitrogens with zero attached hydrogens (tertiary/aromatic N) is 3. The van der Waals surface area contributed by atoms with Crippen molar-refractivity contribution in [3.05, 3.63) is 84.1 Å². The number of aromatic nitrogens is 2. The molecule has 34 heavy (non-hydrogen) atoms. The van der Waals surface area contributed by atoms with Gasteiger partial charge in [-0.15, -0.1) is 6.58 Å². The number of rotatable bonds is 13. The zero-order chi connectivity index (χ0) is 23.9. The average molecular weight is 462 g/mol. The summed E-state index contributed by atoms with van der Waals surface area (Å²) in [5, 5.41) is 15.4. The van der Waals surface area contributed by atoms with Crippen molar-refractivity contribution in [2.45, 2.75) is 39.3 Å². The van der Waals surface area contributed by atoms with Crippen molar-refractivity contribution in [1.29, 1.82) is 0 Å². The monoisotopic (exact) mass is 461 g/mol. The number of para-hydroxylation sites is 1. The van der Waals surface area contributed by atoms with Crippen molar-refractivity contribution in [3.63, 3.8) is 0 Å². The molecule has 1 aliphatic carbocycles. The quantitative estimate of drug-likeness (QED) is 0.285. The summed E-state index contributed by atoms with van der Waals surface area (Å²) in [7, 11) is 0. The molecule has 1 atom stereocenters. The van der Waals surface area contributed by atoms with Gasteiger partial charge in [-0.3, -0.25) is 4.90 Å². The molecule has 1 aromatic heterocycles. The van der Waals surface area contributed by atoms with Gasteiger partial charge in [0.1, 0.15) is 5.75 Å².